The Kier molecular flexibility index (Phi) is 6.38. The highest BCUT2D eigenvalue weighted by molar-refractivity contribution is 7.88. The van der Waals surface area contributed by atoms with Gasteiger partial charge < -0.3 is 5.32 Å². The van der Waals surface area contributed by atoms with Crippen LogP contribution in [0.1, 0.15) is 12.0 Å². The molecule has 0 saturated carbocycles. The first-order valence-electron chi connectivity index (χ1n) is 9.06. The molecule has 2 aromatic carbocycles. The fraction of sp³-hybridized carbons (Fsp3) is 0.238. The standard InChI is InChI=1S/C21H23N3O3S/c1-28(26,27)24(15-7-10-17-8-3-2-4-9-17)16-20(25)23-19-13-5-11-18-12-6-14-22-21(18)19/h2-6,8-9,11-14H,7,10,15-16H2,1H3,(H,23,25). The Balaban J connectivity index is 1.64. The average molecular weight is 398 g/mol. The van der Waals surface area contributed by atoms with Crippen molar-refractivity contribution in [3.8, 4) is 0 Å². The zero-order valence-electron chi connectivity index (χ0n) is 15.7. The maximum Gasteiger partial charge on any atom is 0.239 e. The number of pyridine rings is 1. The Morgan fingerprint density at radius 1 is 1.04 bits per heavy atom. The number of nitrogens with one attached hydrogen (secondary N) is 1. The second kappa shape index (κ2) is 8.95. The predicted octanol–water partition coefficient (Wildman–Crippen LogP) is 3.07. The van der Waals surface area contributed by atoms with Crippen LogP contribution in [0.15, 0.2) is 66.9 Å². The molecule has 0 spiro atoms. The Morgan fingerprint density at radius 3 is 2.54 bits per heavy atom. The SMILES string of the molecule is CS(=O)(=O)N(CCCc1ccccc1)CC(=O)Nc1cccc2cccnc12. The molecular weight excluding hydrogens is 374 g/mol. The summed E-state index contributed by atoms with van der Waals surface area (Å²) in [4.78, 5) is 16.8. The number of rotatable bonds is 8. The molecule has 0 saturated heterocycles. The molecule has 0 aliphatic rings. The minimum absolute atomic E-state index is 0.225. The third-order valence-corrected chi connectivity index (χ3v) is 5.66. The van der Waals surface area contributed by atoms with Crippen LogP contribution in [0.5, 0.6) is 0 Å². The minimum Gasteiger partial charge on any atom is -0.323 e. The molecule has 1 heterocycles. The van der Waals surface area contributed by atoms with Crippen molar-refractivity contribution in [1.29, 1.82) is 0 Å². The van der Waals surface area contributed by atoms with E-state index in [1.165, 1.54) is 4.31 Å². The number of carbonyl (C=O) groups excluding carboxylic acids is 1. The highest BCUT2D eigenvalue weighted by atomic mass is 32.2. The molecule has 28 heavy (non-hydrogen) atoms. The van der Waals surface area contributed by atoms with Gasteiger partial charge in [-0.3, -0.25) is 9.78 Å². The van der Waals surface area contributed by atoms with Gasteiger partial charge in [-0.2, -0.15) is 4.31 Å². The van der Waals surface area contributed by atoms with E-state index in [1.807, 2.05) is 54.6 Å². The molecule has 0 bridgehead atoms. The number of fused-ring (bicyclic) bond motifs is 1. The molecule has 1 N–H and O–H groups in total. The molecule has 0 aliphatic heterocycles. The molecule has 6 nitrogen and oxygen atoms in total. The second-order valence-electron chi connectivity index (χ2n) is 6.61. The van der Waals surface area contributed by atoms with E-state index < -0.39 is 10.0 Å². The molecule has 146 valence electrons. The van der Waals surface area contributed by atoms with Crippen LogP contribution in [0.4, 0.5) is 5.69 Å². The van der Waals surface area contributed by atoms with Crippen LogP contribution in [-0.2, 0) is 21.2 Å². The van der Waals surface area contributed by atoms with Crippen molar-refractivity contribution in [2.24, 2.45) is 0 Å². The molecule has 7 heteroatoms. The lowest BCUT2D eigenvalue weighted by Crippen LogP contribution is -2.38. The number of aryl methyl sites for hydroxylation is 1. The molecule has 1 amide bonds. The van der Waals surface area contributed by atoms with E-state index in [1.54, 1.807) is 12.3 Å². The van der Waals surface area contributed by atoms with E-state index in [-0.39, 0.29) is 19.0 Å². The monoisotopic (exact) mass is 397 g/mol. The first-order valence-corrected chi connectivity index (χ1v) is 10.9. The molecule has 0 aliphatic carbocycles. The Hall–Kier alpha value is -2.77. The number of benzene rings is 2. The number of hydrogen-bond donors (Lipinski definition) is 1. The van der Waals surface area contributed by atoms with Gasteiger partial charge >= 0.3 is 0 Å². The normalized spacial score (nSPS) is 11.6. The van der Waals surface area contributed by atoms with Gasteiger partial charge in [-0.1, -0.05) is 48.5 Å². The number of carbonyl (C=O) groups is 1. The van der Waals surface area contributed by atoms with Gasteiger partial charge in [-0.15, -0.1) is 0 Å². The summed E-state index contributed by atoms with van der Waals surface area (Å²) in [5.41, 5.74) is 2.39. The number of anilines is 1. The summed E-state index contributed by atoms with van der Waals surface area (Å²) < 4.78 is 25.4. The quantitative estimate of drug-likeness (QED) is 0.634. The molecule has 3 rings (SSSR count). The molecule has 3 aromatic rings. The van der Waals surface area contributed by atoms with Crippen molar-refractivity contribution in [1.82, 2.24) is 9.29 Å². The van der Waals surface area contributed by atoms with Crippen LogP contribution in [0, 0.1) is 0 Å². The first kappa shape index (κ1) is 20.0. The average Bonchev–Trinajstić information content (AvgIpc) is 2.67. The maximum absolute atomic E-state index is 12.5. The predicted molar refractivity (Wildman–Crippen MR) is 112 cm³/mol. The molecule has 0 unspecified atom stereocenters. The smallest absolute Gasteiger partial charge is 0.239 e. The fourth-order valence-corrected chi connectivity index (χ4v) is 3.83. The lowest BCUT2D eigenvalue weighted by Gasteiger charge is -2.19. The Morgan fingerprint density at radius 2 is 1.79 bits per heavy atom. The Bertz CT molecular complexity index is 1050. The summed E-state index contributed by atoms with van der Waals surface area (Å²) in [5.74, 6) is -0.386. The second-order valence-corrected chi connectivity index (χ2v) is 8.60. The Labute approximate surface area is 165 Å². The summed E-state index contributed by atoms with van der Waals surface area (Å²) in [6, 6.07) is 19.1. The summed E-state index contributed by atoms with van der Waals surface area (Å²) in [6.45, 7) is 0.0613. The zero-order valence-corrected chi connectivity index (χ0v) is 16.5. The highest BCUT2D eigenvalue weighted by Gasteiger charge is 2.20. The minimum atomic E-state index is -3.49. The van der Waals surface area contributed by atoms with Gasteiger partial charge in [0.1, 0.15) is 0 Å². The summed E-state index contributed by atoms with van der Waals surface area (Å²) >= 11 is 0. The van der Waals surface area contributed by atoms with Gasteiger partial charge in [-0.25, -0.2) is 8.42 Å². The van der Waals surface area contributed by atoms with Crippen molar-refractivity contribution in [3.63, 3.8) is 0 Å². The molecule has 0 fully saturated rings. The van der Waals surface area contributed by atoms with Crippen LogP contribution >= 0.6 is 0 Å². The lowest BCUT2D eigenvalue weighted by molar-refractivity contribution is -0.116. The van der Waals surface area contributed by atoms with Gasteiger partial charge in [0.2, 0.25) is 15.9 Å². The van der Waals surface area contributed by atoms with E-state index in [2.05, 4.69) is 10.3 Å². The molecular formula is C21H23N3O3S. The van der Waals surface area contributed by atoms with E-state index in [4.69, 9.17) is 0 Å². The van der Waals surface area contributed by atoms with Gasteiger partial charge in [0.05, 0.1) is 24.0 Å². The van der Waals surface area contributed by atoms with Crippen molar-refractivity contribution in [3.05, 3.63) is 72.4 Å². The van der Waals surface area contributed by atoms with Crippen molar-refractivity contribution < 1.29 is 13.2 Å². The van der Waals surface area contributed by atoms with Gasteiger partial charge in [0.15, 0.2) is 0 Å². The van der Waals surface area contributed by atoms with E-state index in [0.717, 1.165) is 23.6 Å². The number of sulfonamides is 1. The van der Waals surface area contributed by atoms with Gasteiger partial charge in [0, 0.05) is 18.1 Å². The molecule has 0 radical (unpaired) electrons. The largest absolute Gasteiger partial charge is 0.323 e. The van der Waals surface area contributed by atoms with Crippen LogP contribution in [0.3, 0.4) is 0 Å². The van der Waals surface area contributed by atoms with E-state index in [0.29, 0.717) is 17.6 Å². The first-order chi connectivity index (χ1) is 13.4. The number of aromatic nitrogens is 1. The lowest BCUT2D eigenvalue weighted by atomic mass is 10.1. The third-order valence-electron chi connectivity index (χ3n) is 4.41. The third kappa shape index (κ3) is 5.37. The number of amides is 1. The topological polar surface area (TPSA) is 79.4 Å². The summed E-state index contributed by atoms with van der Waals surface area (Å²) in [7, 11) is -3.49. The van der Waals surface area contributed by atoms with Crippen molar-refractivity contribution in [2.75, 3.05) is 24.7 Å². The van der Waals surface area contributed by atoms with Crippen LogP contribution in [-0.4, -0.2) is 43.0 Å². The molecule has 0 atom stereocenters. The number of para-hydroxylation sites is 1. The highest BCUT2D eigenvalue weighted by Crippen LogP contribution is 2.20. The van der Waals surface area contributed by atoms with Gasteiger partial charge in [0.25, 0.3) is 0 Å². The van der Waals surface area contributed by atoms with E-state index >= 15 is 0 Å². The van der Waals surface area contributed by atoms with Crippen molar-refractivity contribution in [2.45, 2.75) is 12.8 Å². The van der Waals surface area contributed by atoms with Crippen molar-refractivity contribution >= 4 is 32.5 Å². The fourth-order valence-electron chi connectivity index (χ4n) is 3.02. The zero-order chi connectivity index (χ0) is 20.0. The number of nitrogens with zero attached hydrogens (tertiary/aromatic N) is 2. The number of hydrogen-bond acceptors (Lipinski definition) is 4. The van der Waals surface area contributed by atoms with Crippen LogP contribution in [0.2, 0.25) is 0 Å². The van der Waals surface area contributed by atoms with Gasteiger partial charge in [-0.05, 0) is 30.5 Å². The van der Waals surface area contributed by atoms with Crippen LogP contribution < -0.4 is 5.32 Å². The maximum atomic E-state index is 12.5. The molecule has 1 aromatic heterocycles. The van der Waals surface area contributed by atoms with Crippen LogP contribution in [0.25, 0.3) is 10.9 Å². The summed E-state index contributed by atoms with van der Waals surface area (Å²) in [6.07, 6.45) is 4.18. The van der Waals surface area contributed by atoms with E-state index in [9.17, 15) is 13.2 Å². The summed E-state index contributed by atoms with van der Waals surface area (Å²) in [5, 5.41) is 3.69.